The van der Waals surface area contributed by atoms with Crippen LogP contribution in [0.1, 0.15) is 83.5 Å². The summed E-state index contributed by atoms with van der Waals surface area (Å²) in [6.07, 6.45) is 4.94. The van der Waals surface area contributed by atoms with Crippen LogP contribution in [-0.4, -0.2) is 78.1 Å². The van der Waals surface area contributed by atoms with Crippen LogP contribution >= 0.6 is 11.3 Å². The number of oxazole rings is 1. The summed E-state index contributed by atoms with van der Waals surface area (Å²) >= 11 is 1.27. The molecule has 2 aromatic carbocycles. The van der Waals surface area contributed by atoms with Gasteiger partial charge in [0.05, 0.1) is 41.1 Å². The second-order valence-corrected chi connectivity index (χ2v) is 13.9. The summed E-state index contributed by atoms with van der Waals surface area (Å²) < 4.78 is 20.7. The van der Waals surface area contributed by atoms with Gasteiger partial charge in [0.25, 0.3) is 11.8 Å². The third kappa shape index (κ3) is 8.33. The molecule has 0 aliphatic heterocycles. The van der Waals surface area contributed by atoms with Crippen LogP contribution in [0, 0.1) is 13.8 Å². The normalized spacial score (nSPS) is 11.5. The maximum absolute atomic E-state index is 13.6. The van der Waals surface area contributed by atoms with Gasteiger partial charge in [0, 0.05) is 44.2 Å². The van der Waals surface area contributed by atoms with E-state index in [1.165, 1.54) is 42.7 Å². The number of nitrogens with zero attached hydrogens (tertiary/aromatic N) is 6. The largest absolute Gasteiger partial charge is 0.494 e. The van der Waals surface area contributed by atoms with E-state index in [1.807, 2.05) is 26.8 Å². The molecular formula is C38H42N10O8S. The molecule has 4 aromatic heterocycles. The highest BCUT2D eigenvalue weighted by molar-refractivity contribution is 7.13. The highest BCUT2D eigenvalue weighted by Gasteiger charge is 2.25. The van der Waals surface area contributed by atoms with Gasteiger partial charge in [0.2, 0.25) is 29.5 Å². The Hall–Kier alpha value is -6.60. The number of nitrogens with two attached hydrogens (primary N) is 2. The van der Waals surface area contributed by atoms with Gasteiger partial charge in [-0.3, -0.25) is 29.8 Å². The zero-order chi connectivity index (χ0) is 41.0. The van der Waals surface area contributed by atoms with E-state index < -0.39 is 23.6 Å². The Balaban J connectivity index is 1.41. The minimum Gasteiger partial charge on any atom is -0.494 e. The van der Waals surface area contributed by atoms with Crippen molar-refractivity contribution in [1.82, 2.24) is 29.1 Å². The predicted octanol–water partition coefficient (Wildman–Crippen LogP) is 4.30. The number of fused-ring (bicyclic) bond motifs is 2. The Labute approximate surface area is 329 Å². The topological polar surface area (TPSA) is 258 Å². The Morgan fingerprint density at radius 2 is 1.39 bits per heavy atom. The molecule has 6 aromatic rings. The van der Waals surface area contributed by atoms with Crippen molar-refractivity contribution in [3.8, 4) is 11.5 Å². The van der Waals surface area contributed by atoms with E-state index in [0.717, 1.165) is 5.01 Å². The molecule has 0 aliphatic carbocycles. The van der Waals surface area contributed by atoms with Gasteiger partial charge in [-0.05, 0) is 44.0 Å². The number of aromatic nitrogens is 6. The maximum Gasteiger partial charge on any atom is 0.295 e. The number of anilines is 2. The lowest BCUT2D eigenvalue weighted by molar-refractivity contribution is 0.0987. The fourth-order valence-corrected chi connectivity index (χ4v) is 7.16. The number of benzene rings is 2. The average Bonchev–Trinajstić information content (AvgIpc) is 3.95. The van der Waals surface area contributed by atoms with Crippen LogP contribution in [-0.2, 0) is 25.9 Å². The van der Waals surface area contributed by atoms with Crippen molar-refractivity contribution >= 4 is 68.9 Å². The number of carbonyl (C=O) groups is 4. The number of hydrogen-bond donors (Lipinski definition) is 5. The molecule has 0 saturated heterocycles. The van der Waals surface area contributed by atoms with Gasteiger partial charge in [-0.25, -0.2) is 19.9 Å². The number of primary amides is 2. The van der Waals surface area contributed by atoms with Crippen LogP contribution in [0.3, 0.4) is 0 Å². The molecule has 18 nitrogen and oxygen atoms in total. The fourth-order valence-electron chi connectivity index (χ4n) is 6.25. The van der Waals surface area contributed by atoms with Gasteiger partial charge < -0.3 is 39.6 Å². The van der Waals surface area contributed by atoms with Gasteiger partial charge in [-0.2, -0.15) is 0 Å². The molecule has 6 rings (SSSR count). The van der Waals surface area contributed by atoms with Crippen LogP contribution in [0.25, 0.3) is 22.1 Å². The second-order valence-electron chi connectivity index (χ2n) is 12.7. The molecule has 4 amide bonds. The number of ether oxygens (including phenoxy) is 2. The van der Waals surface area contributed by atoms with Gasteiger partial charge >= 0.3 is 0 Å². The molecule has 0 aliphatic rings. The molecule has 0 spiro atoms. The molecule has 4 heterocycles. The molecular weight excluding hydrogens is 757 g/mol. The molecule has 0 saturated carbocycles. The first-order chi connectivity index (χ1) is 27.4. The molecule has 298 valence electrons. The molecule has 0 fully saturated rings. The number of aliphatic hydroxyl groups excluding tert-OH is 1. The minimum atomic E-state index is -0.709. The lowest BCUT2D eigenvalue weighted by atomic mass is 10.1. The SMILES string of the molecule is CCc1nc(C)oc1C(=O)Nc1nc2cc(C(N)=O)cc(OCCCO)c2n1C/C=C/Cn1c(NC(=O)c2sc(C)nc2CC)nc2cc(C(N)=O)cc(OC)c21. The first-order valence-electron chi connectivity index (χ1n) is 18.0. The molecule has 0 bridgehead atoms. The van der Waals surface area contributed by atoms with E-state index in [2.05, 4.69) is 30.6 Å². The van der Waals surface area contributed by atoms with Gasteiger partial charge in [0.1, 0.15) is 27.4 Å². The number of hydrogen-bond acceptors (Lipinski definition) is 13. The number of carbonyl (C=O) groups excluding carboxylic acids is 4. The summed E-state index contributed by atoms with van der Waals surface area (Å²) in [6.45, 7) is 7.51. The number of aliphatic hydroxyl groups is 1. The summed E-state index contributed by atoms with van der Waals surface area (Å²) in [4.78, 5) is 70.2. The first-order valence-corrected chi connectivity index (χ1v) is 18.8. The van der Waals surface area contributed by atoms with Crippen molar-refractivity contribution in [2.24, 2.45) is 11.5 Å². The highest BCUT2D eigenvalue weighted by atomic mass is 32.1. The maximum atomic E-state index is 13.6. The molecule has 0 unspecified atom stereocenters. The first kappa shape index (κ1) is 40.1. The molecule has 0 atom stereocenters. The van der Waals surface area contributed by atoms with Crippen LogP contribution < -0.4 is 31.6 Å². The van der Waals surface area contributed by atoms with Crippen molar-refractivity contribution in [1.29, 1.82) is 0 Å². The summed E-state index contributed by atoms with van der Waals surface area (Å²) in [5.41, 5.74) is 14.3. The Bertz CT molecular complexity index is 2550. The Morgan fingerprint density at radius 1 is 0.825 bits per heavy atom. The standard InChI is InChI=1S/C38H42N10O8S/c1-6-23-31(56-19(3)41-23)35(52)45-37-44-26-16-22(34(40)51)18-28(55-14-10-13-49)30(26)48(37)12-9-8-11-47-29-25(15-21(33(39)50)17-27(29)54-5)43-38(47)46-36(53)32-24(7-2)42-20(4)57-32/h8-9,15-18,49H,6-7,10-14H2,1-5H3,(H2,39,50)(H2,40,51)(H,43,46,53)(H,44,45,52)/b9-8+. The van der Waals surface area contributed by atoms with Gasteiger partial charge in [0.15, 0.2) is 5.89 Å². The van der Waals surface area contributed by atoms with E-state index in [-0.39, 0.29) is 60.8 Å². The van der Waals surface area contributed by atoms with Crippen LogP contribution in [0.4, 0.5) is 11.9 Å². The number of rotatable bonds is 17. The summed E-state index contributed by atoms with van der Waals surface area (Å²) in [6, 6.07) is 6.01. The van der Waals surface area contributed by atoms with Crippen LogP contribution in [0.5, 0.6) is 11.5 Å². The summed E-state index contributed by atoms with van der Waals surface area (Å²) in [5.74, 6) is -1.14. The number of amides is 4. The third-order valence-corrected chi connectivity index (χ3v) is 9.86. The van der Waals surface area contributed by atoms with E-state index in [1.54, 1.807) is 22.1 Å². The Morgan fingerprint density at radius 3 is 1.93 bits per heavy atom. The van der Waals surface area contributed by atoms with Crippen molar-refractivity contribution in [2.45, 2.75) is 60.0 Å². The zero-order valence-electron chi connectivity index (χ0n) is 32.0. The second kappa shape index (κ2) is 17.0. The van der Waals surface area contributed by atoms with Crippen LogP contribution in [0.15, 0.2) is 40.8 Å². The fraction of sp³-hybridized carbons (Fsp3) is 0.316. The summed E-state index contributed by atoms with van der Waals surface area (Å²) in [7, 11) is 1.45. The van der Waals surface area contributed by atoms with Crippen molar-refractivity contribution in [3.05, 3.63) is 80.5 Å². The average molecular weight is 799 g/mol. The van der Waals surface area contributed by atoms with E-state index in [9.17, 15) is 24.3 Å². The van der Waals surface area contributed by atoms with Crippen LogP contribution in [0.2, 0.25) is 0 Å². The number of methoxy groups -OCH3 is 1. The number of aryl methyl sites for hydroxylation is 4. The number of nitrogens with one attached hydrogen (secondary N) is 2. The number of allylic oxidation sites excluding steroid dienone is 2. The van der Waals surface area contributed by atoms with Crippen molar-refractivity contribution < 1.29 is 38.2 Å². The quantitative estimate of drug-likeness (QED) is 0.0639. The highest BCUT2D eigenvalue weighted by Crippen LogP contribution is 2.33. The predicted molar refractivity (Wildman–Crippen MR) is 212 cm³/mol. The Kier molecular flexibility index (Phi) is 12.0. The van der Waals surface area contributed by atoms with E-state index >= 15 is 0 Å². The van der Waals surface area contributed by atoms with E-state index in [4.69, 9.17) is 25.4 Å². The third-order valence-electron chi connectivity index (χ3n) is 8.85. The molecule has 57 heavy (non-hydrogen) atoms. The van der Waals surface area contributed by atoms with E-state index in [0.29, 0.717) is 69.2 Å². The van der Waals surface area contributed by atoms with Crippen molar-refractivity contribution in [2.75, 3.05) is 31.0 Å². The molecule has 7 N–H and O–H groups in total. The zero-order valence-corrected chi connectivity index (χ0v) is 32.8. The smallest absolute Gasteiger partial charge is 0.295 e. The van der Waals surface area contributed by atoms with Crippen molar-refractivity contribution in [3.63, 3.8) is 0 Å². The van der Waals surface area contributed by atoms with Gasteiger partial charge in [-0.1, -0.05) is 26.0 Å². The minimum absolute atomic E-state index is 0.0379. The molecule has 0 radical (unpaired) electrons. The van der Waals surface area contributed by atoms with Gasteiger partial charge in [-0.15, -0.1) is 11.3 Å². The molecule has 19 heteroatoms. The number of imidazole rings is 2. The summed E-state index contributed by atoms with van der Waals surface area (Å²) in [5, 5.41) is 15.9. The monoisotopic (exact) mass is 798 g/mol. The number of thiazole rings is 1. The lowest BCUT2D eigenvalue weighted by Crippen LogP contribution is -2.17. The lowest BCUT2D eigenvalue weighted by Gasteiger charge is -2.13.